The third kappa shape index (κ3) is 7.84. The molecule has 2 aromatic carbocycles. The molecule has 0 spiro atoms. The van der Waals surface area contributed by atoms with Gasteiger partial charge in [0.25, 0.3) is 5.91 Å². The van der Waals surface area contributed by atoms with Crippen LogP contribution in [-0.4, -0.2) is 59.6 Å². The molecule has 0 saturated carbocycles. The van der Waals surface area contributed by atoms with Crippen LogP contribution in [0.5, 0.6) is 5.75 Å². The number of aromatic nitrogens is 2. The van der Waals surface area contributed by atoms with Crippen LogP contribution in [0, 0.1) is 20.8 Å². The van der Waals surface area contributed by atoms with Crippen molar-refractivity contribution >= 4 is 28.9 Å². The zero-order valence-electron chi connectivity index (χ0n) is 27.0. The van der Waals surface area contributed by atoms with Crippen LogP contribution in [0.2, 0.25) is 5.15 Å². The first-order chi connectivity index (χ1) is 21.7. The van der Waals surface area contributed by atoms with Crippen LogP contribution in [0.15, 0.2) is 73.1 Å². The number of nitrogens with zero attached hydrogens (tertiary/aromatic N) is 4. The van der Waals surface area contributed by atoms with Gasteiger partial charge in [0.15, 0.2) is 0 Å². The molecule has 45 heavy (non-hydrogen) atoms. The van der Waals surface area contributed by atoms with Crippen LogP contribution in [-0.2, 0) is 6.42 Å². The number of amides is 1. The van der Waals surface area contributed by atoms with Crippen molar-refractivity contribution in [3.05, 3.63) is 112 Å². The maximum Gasteiger partial charge on any atom is 0.253 e. The number of carbonyl (C=O) groups excluding carboxylic acids is 1. The minimum absolute atomic E-state index is 0.0876. The summed E-state index contributed by atoms with van der Waals surface area (Å²) in [6.07, 6.45) is 7.63. The summed E-state index contributed by atoms with van der Waals surface area (Å²) in [5.41, 5.74) is 8.31. The summed E-state index contributed by atoms with van der Waals surface area (Å²) in [6.45, 7) is 10.7. The molecule has 0 radical (unpaired) electrons. The predicted octanol–water partition coefficient (Wildman–Crippen LogP) is 7.47. The van der Waals surface area contributed by atoms with Gasteiger partial charge in [0.2, 0.25) is 0 Å². The number of rotatable bonds is 11. The van der Waals surface area contributed by atoms with Crippen molar-refractivity contribution in [3.8, 4) is 5.75 Å². The largest absolute Gasteiger partial charge is 0.497 e. The zero-order valence-corrected chi connectivity index (χ0v) is 27.8. The standard InChI is InChI=1S/C37H44ClN5O2/c1-25-14-18-39-24-30(25)23-29-8-6-7-9-34(29)43(31-10-12-33(45-5)13-11-31)32-16-20-42(21-17-32)27(3)15-19-40-37(44)36-26(2)22-35(38)41-28(36)4/h6-14,18,22,24,27,32H,15-17,19-21,23H2,1-5H3,(H,40,44)/t27-/m0/s1. The average Bonchev–Trinajstić information content (AvgIpc) is 3.03. The van der Waals surface area contributed by atoms with Crippen LogP contribution in [0.1, 0.15) is 64.5 Å². The summed E-state index contributed by atoms with van der Waals surface area (Å²) in [5, 5.41) is 3.52. The quantitative estimate of drug-likeness (QED) is 0.174. The molecule has 1 atom stereocenters. The lowest BCUT2D eigenvalue weighted by Gasteiger charge is -2.42. The molecule has 1 aliphatic heterocycles. The fourth-order valence-electron chi connectivity index (χ4n) is 6.45. The Kier molecular flexibility index (Phi) is 10.7. The van der Waals surface area contributed by atoms with Crippen LogP contribution >= 0.6 is 11.6 Å². The summed E-state index contributed by atoms with van der Waals surface area (Å²) in [4.78, 5) is 26.7. The summed E-state index contributed by atoms with van der Waals surface area (Å²) in [7, 11) is 1.71. The Morgan fingerprint density at radius 1 is 1.04 bits per heavy atom. The van der Waals surface area contributed by atoms with E-state index in [1.807, 2.05) is 38.4 Å². The molecule has 1 aliphatic rings. The number of hydrogen-bond acceptors (Lipinski definition) is 6. The van der Waals surface area contributed by atoms with Gasteiger partial charge in [-0.1, -0.05) is 29.8 Å². The van der Waals surface area contributed by atoms with E-state index in [1.54, 1.807) is 13.2 Å². The molecule has 1 saturated heterocycles. The van der Waals surface area contributed by atoms with E-state index in [9.17, 15) is 4.79 Å². The molecule has 8 heteroatoms. The lowest BCUT2D eigenvalue weighted by molar-refractivity contribution is 0.0943. The molecule has 5 rings (SSSR count). The third-order valence-corrected chi connectivity index (χ3v) is 9.25. The van der Waals surface area contributed by atoms with Gasteiger partial charge in [0.05, 0.1) is 18.4 Å². The van der Waals surface area contributed by atoms with Gasteiger partial charge in [-0.15, -0.1) is 0 Å². The molecular formula is C37H44ClN5O2. The summed E-state index contributed by atoms with van der Waals surface area (Å²) in [6, 6.07) is 21.7. The molecule has 4 aromatic rings. The van der Waals surface area contributed by atoms with Crippen molar-refractivity contribution in [1.29, 1.82) is 0 Å². The average molecular weight is 626 g/mol. The maximum atomic E-state index is 12.9. The van der Waals surface area contributed by atoms with E-state index in [4.69, 9.17) is 16.3 Å². The Balaban J connectivity index is 1.27. The monoisotopic (exact) mass is 625 g/mol. The van der Waals surface area contributed by atoms with Gasteiger partial charge in [-0.3, -0.25) is 9.78 Å². The third-order valence-electron chi connectivity index (χ3n) is 9.06. The number of anilines is 2. The van der Waals surface area contributed by atoms with E-state index in [0.717, 1.165) is 50.1 Å². The maximum absolute atomic E-state index is 12.9. The minimum atomic E-state index is -0.0876. The van der Waals surface area contributed by atoms with Crippen molar-refractivity contribution in [2.75, 3.05) is 31.6 Å². The fraction of sp³-hybridized carbons (Fsp3) is 0.378. The predicted molar refractivity (Wildman–Crippen MR) is 183 cm³/mol. The topological polar surface area (TPSA) is 70.6 Å². The number of nitrogens with one attached hydrogen (secondary N) is 1. The molecule has 1 N–H and O–H groups in total. The summed E-state index contributed by atoms with van der Waals surface area (Å²) in [5.74, 6) is 0.765. The second-order valence-corrected chi connectivity index (χ2v) is 12.4. The lowest BCUT2D eigenvalue weighted by Crippen LogP contribution is -2.47. The van der Waals surface area contributed by atoms with Gasteiger partial charge in [-0.05, 0) is 112 Å². The zero-order chi connectivity index (χ0) is 31.9. The highest BCUT2D eigenvalue weighted by atomic mass is 35.5. The normalized spacial score (nSPS) is 14.6. The van der Waals surface area contributed by atoms with Crippen LogP contribution < -0.4 is 15.0 Å². The fourth-order valence-corrected chi connectivity index (χ4v) is 6.74. The summed E-state index contributed by atoms with van der Waals surface area (Å²) >= 11 is 6.06. The summed E-state index contributed by atoms with van der Waals surface area (Å²) < 4.78 is 5.48. The van der Waals surface area contributed by atoms with Gasteiger partial charge in [0, 0.05) is 61.9 Å². The number of para-hydroxylation sites is 1. The van der Waals surface area contributed by atoms with Crippen molar-refractivity contribution < 1.29 is 9.53 Å². The first-order valence-corrected chi connectivity index (χ1v) is 16.2. The van der Waals surface area contributed by atoms with Crippen LogP contribution in [0.3, 0.4) is 0 Å². The van der Waals surface area contributed by atoms with Gasteiger partial charge in [-0.2, -0.15) is 0 Å². The molecular weight excluding hydrogens is 582 g/mol. The SMILES string of the molecule is COc1ccc(N(c2ccccc2Cc2cnccc2C)C2CCN([C@@H](C)CCNC(=O)c3c(C)cc(Cl)nc3C)CC2)cc1. The van der Waals surface area contributed by atoms with Crippen molar-refractivity contribution in [1.82, 2.24) is 20.2 Å². The molecule has 1 amide bonds. The number of halogens is 1. The number of pyridine rings is 2. The highest BCUT2D eigenvalue weighted by Gasteiger charge is 2.29. The number of methoxy groups -OCH3 is 1. The first-order valence-electron chi connectivity index (χ1n) is 15.8. The van der Waals surface area contributed by atoms with E-state index in [-0.39, 0.29) is 5.91 Å². The molecule has 0 bridgehead atoms. The molecule has 3 heterocycles. The number of aryl methyl sites for hydroxylation is 3. The molecule has 0 unspecified atom stereocenters. The highest BCUT2D eigenvalue weighted by molar-refractivity contribution is 6.29. The van der Waals surface area contributed by atoms with E-state index >= 15 is 0 Å². The van der Waals surface area contributed by atoms with E-state index in [0.29, 0.717) is 35.0 Å². The Morgan fingerprint density at radius 3 is 2.47 bits per heavy atom. The number of hydrogen-bond donors (Lipinski definition) is 1. The molecule has 2 aromatic heterocycles. The van der Waals surface area contributed by atoms with Crippen molar-refractivity contribution in [3.63, 3.8) is 0 Å². The Labute approximate surface area is 272 Å². The van der Waals surface area contributed by atoms with Crippen LogP contribution in [0.25, 0.3) is 0 Å². The Bertz CT molecular complexity index is 1580. The highest BCUT2D eigenvalue weighted by Crippen LogP contribution is 2.36. The smallest absolute Gasteiger partial charge is 0.253 e. The van der Waals surface area contributed by atoms with E-state index in [2.05, 4.69) is 81.4 Å². The molecule has 7 nitrogen and oxygen atoms in total. The van der Waals surface area contributed by atoms with Gasteiger partial charge in [-0.25, -0.2) is 4.98 Å². The van der Waals surface area contributed by atoms with Crippen molar-refractivity contribution in [2.24, 2.45) is 0 Å². The first kappa shape index (κ1) is 32.5. The second kappa shape index (κ2) is 14.9. The molecule has 0 aliphatic carbocycles. The Morgan fingerprint density at radius 2 is 1.78 bits per heavy atom. The number of ether oxygens (including phenoxy) is 1. The number of likely N-dealkylation sites (tertiary alicyclic amines) is 1. The number of benzene rings is 2. The number of piperidine rings is 1. The van der Waals surface area contributed by atoms with Gasteiger partial charge >= 0.3 is 0 Å². The van der Waals surface area contributed by atoms with Gasteiger partial charge in [0.1, 0.15) is 10.9 Å². The number of carbonyl (C=O) groups is 1. The lowest BCUT2D eigenvalue weighted by atomic mass is 9.96. The van der Waals surface area contributed by atoms with Gasteiger partial charge < -0.3 is 19.9 Å². The minimum Gasteiger partial charge on any atom is -0.497 e. The molecule has 236 valence electrons. The van der Waals surface area contributed by atoms with E-state index in [1.165, 1.54) is 28.1 Å². The Hall–Kier alpha value is -3.94. The molecule has 1 fully saturated rings. The van der Waals surface area contributed by atoms with Crippen LogP contribution in [0.4, 0.5) is 11.4 Å². The van der Waals surface area contributed by atoms with Crippen molar-refractivity contribution in [2.45, 2.75) is 65.5 Å². The second-order valence-electron chi connectivity index (χ2n) is 12.1. The van der Waals surface area contributed by atoms with E-state index < -0.39 is 0 Å².